The van der Waals surface area contributed by atoms with E-state index < -0.39 is 0 Å². The maximum Gasteiger partial charge on any atom is 0.274 e. The molecule has 3 heterocycles. The first-order valence-electron chi connectivity index (χ1n) is 11.2. The van der Waals surface area contributed by atoms with Gasteiger partial charge in [0.05, 0.1) is 25.2 Å². The van der Waals surface area contributed by atoms with Crippen LogP contribution in [0.2, 0.25) is 5.02 Å². The van der Waals surface area contributed by atoms with Gasteiger partial charge in [0, 0.05) is 29.7 Å². The highest BCUT2D eigenvalue weighted by molar-refractivity contribution is 6.30. The molecule has 2 amide bonds. The van der Waals surface area contributed by atoms with Crippen molar-refractivity contribution >= 4 is 29.1 Å². The summed E-state index contributed by atoms with van der Waals surface area (Å²) in [4.78, 5) is 31.9. The van der Waals surface area contributed by atoms with Crippen molar-refractivity contribution in [3.05, 3.63) is 82.6 Å². The van der Waals surface area contributed by atoms with Crippen molar-refractivity contribution in [2.75, 3.05) is 18.4 Å². The van der Waals surface area contributed by atoms with E-state index in [9.17, 15) is 14.0 Å². The first-order valence-corrected chi connectivity index (χ1v) is 11.6. The van der Waals surface area contributed by atoms with Gasteiger partial charge in [-0.3, -0.25) is 9.59 Å². The summed E-state index contributed by atoms with van der Waals surface area (Å²) in [7, 11) is 0. The molecular weight excluding hydrogens is 459 g/mol. The summed E-state index contributed by atoms with van der Waals surface area (Å²) >= 11 is 5.89. The number of benzene rings is 2. The number of anilines is 1. The number of fused-ring (bicyclic) bond motifs is 1. The summed E-state index contributed by atoms with van der Waals surface area (Å²) in [5.41, 5.74) is 2.72. The highest BCUT2D eigenvalue weighted by Gasteiger charge is 2.32. The van der Waals surface area contributed by atoms with E-state index >= 15 is 0 Å². The smallest absolute Gasteiger partial charge is 0.274 e. The summed E-state index contributed by atoms with van der Waals surface area (Å²) in [6.07, 6.45) is 2.61. The maximum atomic E-state index is 13.2. The number of halogens is 2. The number of aromatic nitrogens is 2. The highest BCUT2D eigenvalue weighted by atomic mass is 35.5. The van der Waals surface area contributed by atoms with Crippen molar-refractivity contribution in [1.82, 2.24) is 14.5 Å². The van der Waals surface area contributed by atoms with Crippen LogP contribution in [0.5, 0.6) is 0 Å². The lowest BCUT2D eigenvalue weighted by Gasteiger charge is -2.31. The highest BCUT2D eigenvalue weighted by Crippen LogP contribution is 2.29. The molecule has 2 aromatic carbocycles. The van der Waals surface area contributed by atoms with E-state index in [-0.39, 0.29) is 36.3 Å². The molecule has 2 aliphatic heterocycles. The maximum absolute atomic E-state index is 13.2. The number of nitrogens with zero attached hydrogens (tertiary/aromatic N) is 3. The number of carbonyl (C=O) groups is 2. The number of hydrogen-bond donors (Lipinski definition) is 1. The van der Waals surface area contributed by atoms with Gasteiger partial charge >= 0.3 is 0 Å². The molecule has 5 rings (SSSR count). The number of hydrogen-bond acceptors (Lipinski definition) is 4. The van der Waals surface area contributed by atoms with Gasteiger partial charge in [-0.1, -0.05) is 23.7 Å². The van der Waals surface area contributed by atoms with Crippen LogP contribution in [0.4, 0.5) is 10.1 Å². The second-order valence-electron chi connectivity index (χ2n) is 8.61. The molecule has 1 atom stereocenters. The minimum absolute atomic E-state index is 0.0472. The zero-order chi connectivity index (χ0) is 23.7. The topological polar surface area (TPSA) is 76.5 Å². The summed E-state index contributed by atoms with van der Waals surface area (Å²) in [5.74, 6) is -0.638. The molecule has 1 aromatic heterocycles. The minimum Gasteiger partial charge on any atom is -0.365 e. The standard InChI is InChI=1S/C25H24ClFN4O3/c26-18-3-7-20(8-4-18)29-24(32)17-9-11-30(12-10-17)25(33)23-21-14-34-22(13-31(21)15-28-23)16-1-5-19(27)6-2-16/h1-8,15,17,22H,9-14H2,(H,29,32)/t22-/m0/s1. The Hall–Kier alpha value is -3.23. The summed E-state index contributed by atoms with van der Waals surface area (Å²) in [5, 5.41) is 3.53. The van der Waals surface area contributed by atoms with Crippen LogP contribution < -0.4 is 5.32 Å². The Morgan fingerprint density at radius 3 is 2.47 bits per heavy atom. The average Bonchev–Trinajstić information content (AvgIpc) is 3.29. The van der Waals surface area contributed by atoms with Crippen LogP contribution in [0.3, 0.4) is 0 Å². The molecule has 34 heavy (non-hydrogen) atoms. The third kappa shape index (κ3) is 4.69. The predicted octanol–water partition coefficient (Wildman–Crippen LogP) is 4.44. The fourth-order valence-electron chi connectivity index (χ4n) is 4.46. The zero-order valence-electron chi connectivity index (χ0n) is 18.4. The molecular formula is C25H24ClFN4O3. The first-order chi connectivity index (χ1) is 16.5. The molecule has 1 saturated heterocycles. The quantitative estimate of drug-likeness (QED) is 0.596. The Kier molecular flexibility index (Phi) is 6.34. The van der Waals surface area contributed by atoms with Crippen molar-refractivity contribution in [3.8, 4) is 0 Å². The molecule has 0 radical (unpaired) electrons. The fourth-order valence-corrected chi connectivity index (χ4v) is 4.58. The van der Waals surface area contributed by atoms with Crippen molar-refractivity contribution in [3.63, 3.8) is 0 Å². The lowest BCUT2D eigenvalue weighted by atomic mass is 9.95. The van der Waals surface area contributed by atoms with E-state index in [0.717, 1.165) is 11.3 Å². The molecule has 0 bridgehead atoms. The number of nitrogens with one attached hydrogen (secondary N) is 1. The van der Waals surface area contributed by atoms with Crippen LogP contribution in [0.15, 0.2) is 54.9 Å². The van der Waals surface area contributed by atoms with Gasteiger partial charge in [0.25, 0.3) is 5.91 Å². The molecule has 9 heteroatoms. The van der Waals surface area contributed by atoms with Gasteiger partial charge in [0.2, 0.25) is 5.91 Å². The Morgan fingerprint density at radius 1 is 1.06 bits per heavy atom. The zero-order valence-corrected chi connectivity index (χ0v) is 19.2. The third-order valence-corrected chi connectivity index (χ3v) is 6.69. The molecule has 1 N–H and O–H groups in total. The molecule has 1 fully saturated rings. The predicted molar refractivity (Wildman–Crippen MR) is 125 cm³/mol. The van der Waals surface area contributed by atoms with E-state index in [1.807, 2.05) is 4.57 Å². The van der Waals surface area contributed by atoms with Crippen LogP contribution in [-0.4, -0.2) is 39.4 Å². The van der Waals surface area contributed by atoms with E-state index in [1.165, 1.54) is 12.1 Å². The molecule has 0 aliphatic carbocycles. The monoisotopic (exact) mass is 482 g/mol. The number of ether oxygens (including phenoxy) is 1. The van der Waals surface area contributed by atoms with Crippen LogP contribution in [-0.2, 0) is 22.7 Å². The molecule has 0 spiro atoms. The number of piperidine rings is 1. The average molecular weight is 483 g/mol. The number of carbonyl (C=O) groups excluding carboxylic acids is 2. The van der Waals surface area contributed by atoms with E-state index in [4.69, 9.17) is 16.3 Å². The normalized spacial score (nSPS) is 18.4. The lowest BCUT2D eigenvalue weighted by molar-refractivity contribution is -0.121. The van der Waals surface area contributed by atoms with Gasteiger partial charge in [-0.05, 0) is 54.8 Å². The first kappa shape index (κ1) is 22.6. The number of amides is 2. The number of likely N-dealkylation sites (tertiary alicyclic amines) is 1. The second kappa shape index (κ2) is 9.56. The van der Waals surface area contributed by atoms with E-state index in [0.29, 0.717) is 48.9 Å². The van der Waals surface area contributed by atoms with Crippen molar-refractivity contribution < 1.29 is 18.7 Å². The van der Waals surface area contributed by atoms with Gasteiger partial charge < -0.3 is 19.5 Å². The van der Waals surface area contributed by atoms with Crippen molar-refractivity contribution in [2.24, 2.45) is 5.92 Å². The van der Waals surface area contributed by atoms with Gasteiger partial charge in [-0.2, -0.15) is 0 Å². The largest absolute Gasteiger partial charge is 0.365 e. The molecule has 0 unspecified atom stereocenters. The third-order valence-electron chi connectivity index (χ3n) is 6.44. The van der Waals surface area contributed by atoms with E-state index in [2.05, 4.69) is 10.3 Å². The van der Waals surface area contributed by atoms with Crippen LogP contribution in [0.1, 0.15) is 40.7 Å². The van der Waals surface area contributed by atoms with Gasteiger partial charge in [0.15, 0.2) is 5.69 Å². The van der Waals surface area contributed by atoms with Gasteiger partial charge in [0.1, 0.15) is 11.9 Å². The fraction of sp³-hybridized carbons (Fsp3) is 0.320. The Bertz CT molecular complexity index is 1190. The van der Waals surface area contributed by atoms with Gasteiger partial charge in [-0.25, -0.2) is 9.37 Å². The Morgan fingerprint density at radius 2 is 1.76 bits per heavy atom. The van der Waals surface area contributed by atoms with Crippen LogP contribution in [0.25, 0.3) is 0 Å². The Balaban J connectivity index is 1.18. The molecule has 176 valence electrons. The SMILES string of the molecule is O=C(Nc1ccc(Cl)cc1)C1CCN(C(=O)c2ncn3c2CO[C@H](c2ccc(F)cc2)C3)CC1. The minimum atomic E-state index is -0.290. The van der Waals surface area contributed by atoms with Crippen LogP contribution >= 0.6 is 11.6 Å². The number of imidazole rings is 1. The summed E-state index contributed by atoms with van der Waals surface area (Å²) in [6.45, 7) is 1.74. The molecule has 3 aromatic rings. The van der Waals surface area contributed by atoms with Crippen molar-refractivity contribution in [1.29, 1.82) is 0 Å². The summed E-state index contributed by atoms with van der Waals surface area (Å²) in [6, 6.07) is 13.2. The molecule has 0 saturated carbocycles. The summed E-state index contributed by atoms with van der Waals surface area (Å²) < 4.78 is 21.1. The lowest BCUT2D eigenvalue weighted by Crippen LogP contribution is -2.42. The van der Waals surface area contributed by atoms with Gasteiger partial charge in [-0.15, -0.1) is 0 Å². The molecule has 7 nitrogen and oxygen atoms in total. The second-order valence-corrected chi connectivity index (χ2v) is 9.04. The number of rotatable bonds is 4. The van der Waals surface area contributed by atoms with E-state index in [1.54, 1.807) is 47.6 Å². The van der Waals surface area contributed by atoms with Crippen LogP contribution in [0, 0.1) is 11.7 Å². The van der Waals surface area contributed by atoms with Crippen molar-refractivity contribution in [2.45, 2.75) is 32.1 Å². The molecule has 2 aliphatic rings. The Labute approximate surface area is 201 Å².